The number of carbonyl (C=O) groups excluding carboxylic acids is 1. The van der Waals surface area contributed by atoms with E-state index in [-0.39, 0.29) is 6.61 Å². The van der Waals surface area contributed by atoms with Gasteiger partial charge in [-0.15, -0.1) is 0 Å². The van der Waals surface area contributed by atoms with Crippen molar-refractivity contribution in [3.63, 3.8) is 0 Å². The molecule has 0 heterocycles. The van der Waals surface area contributed by atoms with Gasteiger partial charge in [0.05, 0.1) is 18.8 Å². The van der Waals surface area contributed by atoms with Crippen LogP contribution in [0.2, 0.25) is 0 Å². The van der Waals surface area contributed by atoms with Gasteiger partial charge in [-0.1, -0.05) is 54.6 Å². The van der Waals surface area contributed by atoms with Crippen LogP contribution in [0.1, 0.15) is 11.1 Å². The number of benzene rings is 3. The molecule has 0 saturated heterocycles. The highest BCUT2D eigenvalue weighted by Gasteiger charge is 2.06. The summed E-state index contributed by atoms with van der Waals surface area (Å²) in [5.74, 6) is 0.132. The van der Waals surface area contributed by atoms with Gasteiger partial charge in [0.25, 0.3) is 0 Å². The maximum absolute atomic E-state index is 11.1. The Kier molecular flexibility index (Phi) is 5.31. The van der Waals surface area contributed by atoms with Gasteiger partial charge in [0.2, 0.25) is 0 Å². The Balaban J connectivity index is 1.87. The maximum atomic E-state index is 11.1. The highest BCUT2D eigenvalue weighted by atomic mass is 16.6. The summed E-state index contributed by atoms with van der Waals surface area (Å²) in [7, 11) is 1.32. The number of ether oxygens (including phenoxy) is 2. The van der Waals surface area contributed by atoms with E-state index in [0.717, 1.165) is 21.9 Å². The van der Waals surface area contributed by atoms with Crippen LogP contribution in [-0.4, -0.2) is 19.7 Å². The lowest BCUT2D eigenvalue weighted by atomic mass is 9.97. The average molecular weight is 343 g/mol. The van der Waals surface area contributed by atoms with Crippen molar-refractivity contribution in [2.45, 2.75) is 0 Å². The van der Waals surface area contributed by atoms with Crippen LogP contribution in [0.15, 0.2) is 66.7 Å². The van der Waals surface area contributed by atoms with E-state index in [2.05, 4.69) is 10.8 Å². The van der Waals surface area contributed by atoms with Crippen LogP contribution in [0.3, 0.4) is 0 Å². The van der Waals surface area contributed by atoms with Gasteiger partial charge in [0, 0.05) is 5.56 Å². The topological polar surface area (TPSA) is 59.3 Å². The first kappa shape index (κ1) is 17.2. The van der Waals surface area contributed by atoms with Crippen LogP contribution in [0.5, 0.6) is 5.75 Å². The van der Waals surface area contributed by atoms with Crippen molar-refractivity contribution in [2.24, 2.45) is 0 Å². The number of carbonyl (C=O) groups is 1. The number of hydrogen-bond donors (Lipinski definition) is 0. The highest BCUT2D eigenvalue weighted by molar-refractivity contribution is 6.01. The van der Waals surface area contributed by atoms with Crippen molar-refractivity contribution in [1.29, 1.82) is 5.26 Å². The third-order valence-electron chi connectivity index (χ3n) is 3.98. The fourth-order valence-electron chi connectivity index (χ4n) is 2.66. The zero-order valence-corrected chi connectivity index (χ0v) is 14.3. The first-order valence-electron chi connectivity index (χ1n) is 8.11. The molecule has 0 saturated carbocycles. The molecule has 3 aromatic carbocycles. The van der Waals surface area contributed by atoms with E-state index < -0.39 is 5.97 Å². The van der Waals surface area contributed by atoms with E-state index in [1.54, 1.807) is 12.1 Å². The molecule has 3 aromatic rings. The molecule has 0 spiro atoms. The zero-order chi connectivity index (χ0) is 18.4. The number of hydrogen-bond acceptors (Lipinski definition) is 4. The molecular weight excluding hydrogens is 326 g/mol. The quantitative estimate of drug-likeness (QED) is 0.390. The maximum Gasteiger partial charge on any atom is 0.343 e. The molecule has 0 aromatic heterocycles. The molecular formula is C22H17NO3. The van der Waals surface area contributed by atoms with Crippen molar-refractivity contribution in [3.05, 3.63) is 77.9 Å². The van der Waals surface area contributed by atoms with E-state index in [9.17, 15) is 10.1 Å². The Morgan fingerprint density at radius 3 is 2.50 bits per heavy atom. The van der Waals surface area contributed by atoms with Crippen molar-refractivity contribution in [3.8, 4) is 11.8 Å². The molecule has 4 nitrogen and oxygen atoms in total. The van der Waals surface area contributed by atoms with Gasteiger partial charge in [-0.3, -0.25) is 0 Å². The van der Waals surface area contributed by atoms with Gasteiger partial charge in [-0.25, -0.2) is 4.79 Å². The number of nitrogens with zero attached hydrogens (tertiary/aromatic N) is 1. The number of methoxy groups -OCH3 is 1. The molecule has 0 bridgehead atoms. The van der Waals surface area contributed by atoms with Crippen LogP contribution in [0.25, 0.3) is 22.4 Å². The predicted octanol–water partition coefficient (Wildman–Crippen LogP) is 4.46. The van der Waals surface area contributed by atoms with E-state index in [1.807, 2.05) is 60.7 Å². The molecule has 0 fully saturated rings. The highest BCUT2D eigenvalue weighted by Crippen LogP contribution is 2.26. The van der Waals surface area contributed by atoms with Crippen LogP contribution in [0.4, 0.5) is 0 Å². The molecule has 3 rings (SSSR count). The number of fused-ring (bicyclic) bond motifs is 1. The van der Waals surface area contributed by atoms with Crippen molar-refractivity contribution >= 4 is 28.4 Å². The molecule has 0 amide bonds. The Morgan fingerprint density at radius 1 is 1.04 bits per heavy atom. The number of nitriles is 1. The normalized spacial score (nSPS) is 11.0. The zero-order valence-electron chi connectivity index (χ0n) is 14.3. The molecule has 0 aliphatic carbocycles. The van der Waals surface area contributed by atoms with Crippen molar-refractivity contribution in [1.82, 2.24) is 0 Å². The largest absolute Gasteiger partial charge is 0.482 e. The summed E-state index contributed by atoms with van der Waals surface area (Å²) in [4.78, 5) is 11.1. The molecule has 0 atom stereocenters. The lowest BCUT2D eigenvalue weighted by molar-refractivity contribution is -0.142. The first-order valence-corrected chi connectivity index (χ1v) is 8.11. The summed E-state index contributed by atoms with van der Waals surface area (Å²) in [6, 6.07) is 23.4. The lowest BCUT2D eigenvalue weighted by Gasteiger charge is -2.07. The Hall–Kier alpha value is -3.58. The fraction of sp³-hybridized carbons (Fsp3) is 0.0909. The van der Waals surface area contributed by atoms with E-state index >= 15 is 0 Å². The van der Waals surface area contributed by atoms with E-state index in [1.165, 1.54) is 7.11 Å². The summed E-state index contributed by atoms with van der Waals surface area (Å²) in [5, 5.41) is 11.8. The van der Waals surface area contributed by atoms with Crippen LogP contribution >= 0.6 is 0 Å². The van der Waals surface area contributed by atoms with Crippen LogP contribution in [-0.2, 0) is 9.53 Å². The summed E-state index contributed by atoms with van der Waals surface area (Å²) in [6.07, 6.45) is 1.84. The second kappa shape index (κ2) is 8.00. The van der Waals surface area contributed by atoms with Gasteiger partial charge in [0.1, 0.15) is 5.75 Å². The Labute approximate surface area is 151 Å². The SMILES string of the molecule is COC(=O)COc1ccc(/C=C(\C#N)c2cccc3ccccc23)cc1. The lowest BCUT2D eigenvalue weighted by Crippen LogP contribution is -2.12. The van der Waals surface area contributed by atoms with Crippen molar-refractivity contribution in [2.75, 3.05) is 13.7 Å². The fourth-order valence-corrected chi connectivity index (χ4v) is 2.66. The minimum atomic E-state index is -0.434. The predicted molar refractivity (Wildman–Crippen MR) is 101 cm³/mol. The van der Waals surface area contributed by atoms with Crippen molar-refractivity contribution < 1.29 is 14.3 Å². The Morgan fingerprint density at radius 2 is 1.77 bits per heavy atom. The second-order valence-corrected chi connectivity index (χ2v) is 5.63. The van der Waals surface area contributed by atoms with Crippen LogP contribution < -0.4 is 4.74 Å². The minimum Gasteiger partial charge on any atom is -0.482 e. The van der Waals surface area contributed by atoms with Gasteiger partial charge in [-0.05, 0) is 34.5 Å². The van der Waals surface area contributed by atoms with Gasteiger partial charge >= 0.3 is 5.97 Å². The number of esters is 1. The summed E-state index contributed by atoms with van der Waals surface area (Å²) >= 11 is 0. The third kappa shape index (κ3) is 3.90. The third-order valence-corrected chi connectivity index (χ3v) is 3.98. The minimum absolute atomic E-state index is 0.134. The molecule has 128 valence electrons. The second-order valence-electron chi connectivity index (χ2n) is 5.63. The molecule has 0 aliphatic rings. The Bertz CT molecular complexity index is 993. The molecule has 26 heavy (non-hydrogen) atoms. The summed E-state index contributed by atoms with van der Waals surface area (Å²) in [5.41, 5.74) is 2.36. The van der Waals surface area contributed by atoms with Gasteiger partial charge in [0.15, 0.2) is 6.61 Å². The summed E-state index contributed by atoms with van der Waals surface area (Å²) in [6.45, 7) is -0.134. The molecule has 0 aliphatic heterocycles. The molecule has 0 N–H and O–H groups in total. The number of rotatable bonds is 5. The molecule has 0 unspecified atom stereocenters. The smallest absolute Gasteiger partial charge is 0.343 e. The standard InChI is InChI=1S/C22H17NO3/c1-25-22(24)15-26-19-11-9-16(10-12-19)13-18(14-23)21-8-4-6-17-5-2-3-7-20(17)21/h2-13H,15H2,1H3/b18-13+. The van der Waals surface area contributed by atoms with Crippen LogP contribution in [0, 0.1) is 11.3 Å². The van der Waals surface area contributed by atoms with Gasteiger partial charge < -0.3 is 9.47 Å². The summed E-state index contributed by atoms with van der Waals surface area (Å²) < 4.78 is 9.86. The van der Waals surface area contributed by atoms with E-state index in [4.69, 9.17) is 4.74 Å². The van der Waals surface area contributed by atoms with Gasteiger partial charge in [-0.2, -0.15) is 5.26 Å². The monoisotopic (exact) mass is 343 g/mol. The van der Waals surface area contributed by atoms with E-state index in [0.29, 0.717) is 11.3 Å². The molecule has 4 heteroatoms. The first-order chi connectivity index (χ1) is 12.7. The number of allylic oxidation sites excluding steroid dienone is 1. The average Bonchev–Trinajstić information content (AvgIpc) is 2.70. The molecule has 0 radical (unpaired) electrons.